The Morgan fingerprint density at radius 3 is 2.55 bits per heavy atom. The molecule has 0 aromatic rings. The van der Waals surface area contributed by atoms with Gasteiger partial charge in [-0.05, 0) is 20.3 Å². The molecule has 1 heterocycles. The van der Waals surface area contributed by atoms with Gasteiger partial charge in [0, 0.05) is 6.10 Å². The topological polar surface area (TPSA) is 27.7 Å². The van der Waals surface area contributed by atoms with E-state index in [-0.39, 0.29) is 12.4 Å². The van der Waals surface area contributed by atoms with Gasteiger partial charge < -0.3 is 11.4 Å². The molecule has 0 aromatic heterocycles. The maximum Gasteiger partial charge on any atom is 0.909 e. The van der Waals surface area contributed by atoms with Gasteiger partial charge >= 0.3 is 15.1 Å². The summed E-state index contributed by atoms with van der Waals surface area (Å²) in [5, 5.41) is 0. The van der Waals surface area contributed by atoms with Gasteiger partial charge in [-0.25, -0.2) is 0 Å². The quantitative estimate of drug-likeness (QED) is 0.605. The van der Waals surface area contributed by atoms with E-state index < -0.39 is 15.1 Å². The molecule has 0 spiro atoms. The molecule has 1 rings (SSSR count). The smallest absolute Gasteiger partial charge is 0.452 e. The van der Waals surface area contributed by atoms with Crippen molar-refractivity contribution in [1.29, 1.82) is 0 Å². The third-order valence-corrected chi connectivity index (χ3v) is 3.25. The first-order valence-corrected chi connectivity index (χ1v) is 5.60. The third-order valence-electron chi connectivity index (χ3n) is 1.43. The van der Waals surface area contributed by atoms with Crippen LogP contribution in [0.15, 0.2) is 0 Å². The lowest BCUT2D eigenvalue weighted by Crippen LogP contribution is -2.48. The molecular formula is C7H15AlO3. The van der Waals surface area contributed by atoms with Crippen molar-refractivity contribution in [3.63, 3.8) is 0 Å². The molecule has 0 N–H and O–H groups in total. The van der Waals surface area contributed by atoms with Crippen LogP contribution in [0, 0.1) is 0 Å². The minimum Gasteiger partial charge on any atom is -0.452 e. The van der Waals surface area contributed by atoms with Gasteiger partial charge in [0.25, 0.3) is 0 Å². The fourth-order valence-corrected chi connectivity index (χ4v) is 2.28. The van der Waals surface area contributed by atoms with Crippen LogP contribution in [0.1, 0.15) is 33.6 Å². The van der Waals surface area contributed by atoms with E-state index in [1.165, 1.54) is 0 Å². The number of hydrogen-bond donors (Lipinski definition) is 0. The van der Waals surface area contributed by atoms with Crippen LogP contribution in [0.25, 0.3) is 0 Å². The molecule has 3 nitrogen and oxygen atoms in total. The van der Waals surface area contributed by atoms with Gasteiger partial charge in [-0.2, -0.15) is 0 Å². The van der Waals surface area contributed by atoms with Crippen LogP contribution >= 0.6 is 0 Å². The monoisotopic (exact) mass is 174 g/mol. The standard InChI is InChI=1S/C4H8O2.C3H7O.Al/c1-2-3-4(5)6;1-3(2)4;/h4H,2-3H2,1H3;3H,1-2H3;/q-2;-1;+3. The maximum atomic E-state index is 5.38. The van der Waals surface area contributed by atoms with Crippen molar-refractivity contribution in [2.45, 2.75) is 46.0 Å². The molecule has 0 saturated carbocycles. The molecule has 0 aromatic carbocycles. The van der Waals surface area contributed by atoms with Crippen LogP contribution in [-0.4, -0.2) is 27.5 Å². The summed E-state index contributed by atoms with van der Waals surface area (Å²) in [7, 11) is 0. The lowest BCUT2D eigenvalue weighted by molar-refractivity contribution is -0.162. The van der Waals surface area contributed by atoms with Crippen molar-refractivity contribution in [3.8, 4) is 0 Å². The first-order valence-electron chi connectivity index (χ1n) is 4.18. The first kappa shape index (κ1) is 9.50. The van der Waals surface area contributed by atoms with Crippen LogP contribution in [0.4, 0.5) is 0 Å². The van der Waals surface area contributed by atoms with Crippen molar-refractivity contribution >= 4 is 15.1 Å². The summed E-state index contributed by atoms with van der Waals surface area (Å²) in [6.45, 7) is 6.10. The Bertz CT molecular complexity index is 112. The van der Waals surface area contributed by atoms with Crippen molar-refractivity contribution in [2.75, 3.05) is 0 Å². The van der Waals surface area contributed by atoms with Gasteiger partial charge in [-0.15, -0.1) is 0 Å². The highest BCUT2D eigenvalue weighted by molar-refractivity contribution is 6.38. The number of hydrogen-bond acceptors (Lipinski definition) is 3. The zero-order valence-corrected chi connectivity index (χ0v) is 8.53. The van der Waals surface area contributed by atoms with E-state index in [2.05, 4.69) is 6.92 Å². The second-order valence-electron chi connectivity index (χ2n) is 2.96. The minimum absolute atomic E-state index is 0.0374. The lowest BCUT2D eigenvalue weighted by Gasteiger charge is -2.33. The molecule has 1 aliphatic rings. The van der Waals surface area contributed by atoms with E-state index >= 15 is 0 Å². The average Bonchev–Trinajstić information content (AvgIpc) is 1.82. The van der Waals surface area contributed by atoms with E-state index in [1.54, 1.807) is 0 Å². The highest BCUT2D eigenvalue weighted by atomic mass is 27.3. The van der Waals surface area contributed by atoms with E-state index in [1.807, 2.05) is 13.8 Å². The zero-order valence-electron chi connectivity index (χ0n) is 7.37. The Morgan fingerprint density at radius 2 is 2.09 bits per heavy atom. The third kappa shape index (κ3) is 3.10. The Hall–Kier alpha value is 0.412. The van der Waals surface area contributed by atoms with Crippen molar-refractivity contribution in [3.05, 3.63) is 0 Å². The predicted molar refractivity (Wildman–Crippen MR) is 42.8 cm³/mol. The SMILES string of the molecule is CCCC1[O][Al]([O]C(C)C)[O]1. The van der Waals surface area contributed by atoms with Gasteiger partial charge in [0.2, 0.25) is 0 Å². The second-order valence-corrected chi connectivity index (χ2v) is 4.36. The maximum absolute atomic E-state index is 5.38. The Balaban J connectivity index is 2.00. The van der Waals surface area contributed by atoms with Crippen LogP contribution in [-0.2, 0) is 11.4 Å². The Kier molecular flexibility index (Phi) is 3.84. The highest BCUT2D eigenvalue weighted by Crippen LogP contribution is 2.19. The molecule has 0 atom stereocenters. The molecule has 1 fully saturated rings. The lowest BCUT2D eigenvalue weighted by atomic mass is 10.3. The van der Waals surface area contributed by atoms with Crippen LogP contribution in [0.2, 0.25) is 0 Å². The predicted octanol–water partition coefficient (Wildman–Crippen LogP) is 1.57. The minimum atomic E-state index is -1.65. The molecule has 0 amide bonds. The summed E-state index contributed by atoms with van der Waals surface area (Å²) >= 11 is -1.65. The normalized spacial score (nSPS) is 19.1. The summed E-state index contributed by atoms with van der Waals surface area (Å²) in [5.41, 5.74) is 0. The Labute approximate surface area is 73.0 Å². The summed E-state index contributed by atoms with van der Waals surface area (Å²) < 4.78 is 16.1. The van der Waals surface area contributed by atoms with Gasteiger partial charge in [-0.1, -0.05) is 13.3 Å². The fourth-order valence-electron chi connectivity index (χ4n) is 0.916. The largest absolute Gasteiger partial charge is 0.909 e. The summed E-state index contributed by atoms with van der Waals surface area (Å²) in [5.74, 6) is 0. The van der Waals surface area contributed by atoms with Crippen LogP contribution in [0.3, 0.4) is 0 Å². The zero-order chi connectivity index (χ0) is 8.27. The van der Waals surface area contributed by atoms with Gasteiger partial charge in [0.05, 0.1) is 0 Å². The summed E-state index contributed by atoms with van der Waals surface area (Å²) in [6, 6.07) is 0. The van der Waals surface area contributed by atoms with Crippen molar-refractivity contribution < 1.29 is 11.4 Å². The average molecular weight is 174 g/mol. The molecule has 0 unspecified atom stereocenters. The first-order chi connectivity index (χ1) is 5.22. The molecule has 0 radical (unpaired) electrons. The highest BCUT2D eigenvalue weighted by Gasteiger charge is 2.46. The van der Waals surface area contributed by atoms with Gasteiger partial charge in [-0.3, -0.25) is 0 Å². The van der Waals surface area contributed by atoms with Crippen molar-refractivity contribution in [2.24, 2.45) is 0 Å². The van der Waals surface area contributed by atoms with Crippen LogP contribution in [0.5, 0.6) is 0 Å². The molecule has 11 heavy (non-hydrogen) atoms. The second kappa shape index (κ2) is 4.44. The molecular weight excluding hydrogens is 159 g/mol. The van der Waals surface area contributed by atoms with Crippen LogP contribution < -0.4 is 0 Å². The summed E-state index contributed by atoms with van der Waals surface area (Å²) in [4.78, 5) is 0. The fraction of sp³-hybridized carbons (Fsp3) is 1.00. The number of rotatable bonds is 4. The molecule has 64 valence electrons. The summed E-state index contributed by atoms with van der Waals surface area (Å²) in [6.07, 6.45) is 2.36. The molecule has 4 heteroatoms. The van der Waals surface area contributed by atoms with Gasteiger partial charge in [0.1, 0.15) is 6.29 Å². The molecule has 1 saturated heterocycles. The van der Waals surface area contributed by atoms with Crippen molar-refractivity contribution in [1.82, 2.24) is 0 Å². The molecule has 0 aliphatic carbocycles. The van der Waals surface area contributed by atoms with Gasteiger partial charge in [0.15, 0.2) is 0 Å². The van der Waals surface area contributed by atoms with E-state index in [4.69, 9.17) is 11.4 Å². The van der Waals surface area contributed by atoms with E-state index in [9.17, 15) is 0 Å². The molecule has 0 bridgehead atoms. The Morgan fingerprint density at radius 1 is 1.45 bits per heavy atom. The van der Waals surface area contributed by atoms with E-state index in [0.29, 0.717) is 0 Å². The molecule has 1 aliphatic heterocycles. The van der Waals surface area contributed by atoms with E-state index in [0.717, 1.165) is 12.8 Å².